The van der Waals surface area contributed by atoms with E-state index in [1.165, 1.54) is 0 Å². The third-order valence-electron chi connectivity index (χ3n) is 2.98. The fourth-order valence-electron chi connectivity index (χ4n) is 1.86. The maximum atomic E-state index is 5.80. The predicted molar refractivity (Wildman–Crippen MR) is 41.2 cm³/mol. The molecule has 1 saturated carbocycles. The van der Waals surface area contributed by atoms with Crippen molar-refractivity contribution in [2.75, 3.05) is 0 Å². The van der Waals surface area contributed by atoms with Crippen LogP contribution in [0.25, 0.3) is 0 Å². The van der Waals surface area contributed by atoms with Crippen molar-refractivity contribution in [2.24, 2.45) is 11.8 Å². The molecule has 3 heteroatoms. The van der Waals surface area contributed by atoms with Crippen LogP contribution < -0.4 is 0 Å². The van der Waals surface area contributed by atoms with E-state index in [2.05, 4.69) is 13.8 Å². The Hall–Kier alpha value is 0.540. The summed E-state index contributed by atoms with van der Waals surface area (Å²) in [6.07, 6.45) is 1.02. The Kier molecular flexibility index (Phi) is 1.19. The van der Waals surface area contributed by atoms with Crippen LogP contribution in [-0.4, -0.2) is 10.1 Å². The highest BCUT2D eigenvalue weighted by atomic mass is 35.5. The number of rotatable bonds is 0. The van der Waals surface area contributed by atoms with Crippen molar-refractivity contribution in [3.05, 3.63) is 0 Å². The minimum absolute atomic E-state index is 0.171. The summed E-state index contributed by atoms with van der Waals surface area (Å²) in [5.74, 6) is 1.22. The molecule has 1 aliphatic heterocycles. The van der Waals surface area contributed by atoms with Gasteiger partial charge in [-0.15, -0.1) is 0 Å². The first kappa shape index (κ1) is 7.20. The molecule has 1 heterocycles. The fourth-order valence-corrected chi connectivity index (χ4v) is 2.64. The molecule has 10 heavy (non-hydrogen) atoms. The van der Waals surface area contributed by atoms with Gasteiger partial charge < -0.3 is 4.74 Å². The topological polar surface area (TPSA) is 12.5 Å². The molecule has 0 aromatic rings. The van der Waals surface area contributed by atoms with Crippen LogP contribution in [0.5, 0.6) is 0 Å². The van der Waals surface area contributed by atoms with E-state index in [9.17, 15) is 0 Å². The van der Waals surface area contributed by atoms with Gasteiger partial charge in [0.05, 0.1) is 0 Å². The summed E-state index contributed by atoms with van der Waals surface area (Å²) in [4.78, 5) is 0. The number of ether oxygens (including phenoxy) is 1. The molecule has 0 bridgehead atoms. The summed E-state index contributed by atoms with van der Waals surface area (Å²) in [5, 5.41) is 0. The summed E-state index contributed by atoms with van der Waals surface area (Å²) < 4.78 is 4.38. The molecule has 1 saturated heterocycles. The average Bonchev–Trinajstić information content (AvgIpc) is 2.38. The Morgan fingerprint density at radius 3 is 2.00 bits per heavy atom. The van der Waals surface area contributed by atoms with E-state index in [0.29, 0.717) is 11.8 Å². The maximum absolute atomic E-state index is 5.80. The van der Waals surface area contributed by atoms with Crippen molar-refractivity contribution < 1.29 is 4.74 Å². The lowest BCUT2D eigenvalue weighted by atomic mass is 9.66. The summed E-state index contributed by atoms with van der Waals surface area (Å²) in [7, 11) is 0. The number of halogens is 2. The van der Waals surface area contributed by atoms with Crippen LogP contribution in [0.3, 0.4) is 0 Å². The van der Waals surface area contributed by atoms with Crippen LogP contribution in [-0.2, 0) is 4.74 Å². The zero-order valence-electron chi connectivity index (χ0n) is 6.03. The van der Waals surface area contributed by atoms with Gasteiger partial charge in [0.1, 0.15) is 5.60 Å². The summed E-state index contributed by atoms with van der Waals surface area (Å²) in [6, 6.07) is 0. The Morgan fingerprint density at radius 2 is 1.90 bits per heavy atom. The van der Waals surface area contributed by atoms with E-state index in [0.717, 1.165) is 6.42 Å². The SMILES string of the molecule is CC1CC2(OC2(Cl)Cl)C1C. The van der Waals surface area contributed by atoms with Crippen LogP contribution in [0.1, 0.15) is 20.3 Å². The molecule has 1 aliphatic carbocycles. The largest absolute Gasteiger partial charge is 0.332 e. The van der Waals surface area contributed by atoms with Crippen LogP contribution in [0, 0.1) is 11.8 Å². The minimum Gasteiger partial charge on any atom is -0.332 e. The quantitative estimate of drug-likeness (QED) is 0.413. The lowest BCUT2D eigenvalue weighted by Gasteiger charge is -2.38. The highest BCUT2D eigenvalue weighted by Gasteiger charge is 2.77. The minimum atomic E-state index is -0.862. The standard InChI is InChI=1S/C7H10Cl2O/c1-4-3-6(5(4)2)7(8,9)10-6/h4-5H,3H2,1-2H3. The third kappa shape index (κ3) is 0.596. The Balaban J connectivity index is 2.12. The Morgan fingerprint density at radius 1 is 1.40 bits per heavy atom. The molecule has 3 atom stereocenters. The second kappa shape index (κ2) is 1.65. The first-order valence-electron chi connectivity index (χ1n) is 3.57. The van der Waals surface area contributed by atoms with Crippen LogP contribution in [0.4, 0.5) is 0 Å². The number of alkyl halides is 2. The molecule has 2 aliphatic rings. The molecule has 0 amide bonds. The van der Waals surface area contributed by atoms with Crippen molar-refractivity contribution in [1.29, 1.82) is 0 Å². The van der Waals surface area contributed by atoms with Gasteiger partial charge in [0, 0.05) is 0 Å². The summed E-state index contributed by atoms with van der Waals surface area (Å²) in [6.45, 7) is 4.34. The summed E-state index contributed by atoms with van der Waals surface area (Å²) in [5.41, 5.74) is -0.171. The predicted octanol–water partition coefficient (Wildman–Crippen LogP) is 2.56. The fraction of sp³-hybridized carbons (Fsp3) is 1.00. The molecule has 1 spiro atoms. The smallest absolute Gasteiger partial charge is 0.248 e. The second-order valence-corrected chi connectivity index (χ2v) is 4.74. The lowest BCUT2D eigenvalue weighted by molar-refractivity contribution is 0.0543. The zero-order valence-corrected chi connectivity index (χ0v) is 7.54. The van der Waals surface area contributed by atoms with Gasteiger partial charge in [0.2, 0.25) is 4.52 Å². The van der Waals surface area contributed by atoms with Crippen LogP contribution >= 0.6 is 23.2 Å². The molecular formula is C7H10Cl2O. The van der Waals surface area contributed by atoms with Crippen molar-refractivity contribution >= 4 is 23.2 Å². The van der Waals surface area contributed by atoms with E-state index in [4.69, 9.17) is 27.9 Å². The van der Waals surface area contributed by atoms with Crippen LogP contribution in [0.2, 0.25) is 0 Å². The lowest BCUT2D eigenvalue weighted by Crippen LogP contribution is -2.44. The molecule has 0 N–H and O–H groups in total. The second-order valence-electron chi connectivity index (χ2n) is 3.48. The van der Waals surface area contributed by atoms with Crippen molar-refractivity contribution in [2.45, 2.75) is 30.4 Å². The van der Waals surface area contributed by atoms with Crippen LogP contribution in [0.15, 0.2) is 0 Å². The highest BCUT2D eigenvalue weighted by molar-refractivity contribution is 6.50. The van der Waals surface area contributed by atoms with Gasteiger partial charge in [-0.05, 0) is 18.3 Å². The van der Waals surface area contributed by atoms with E-state index < -0.39 is 4.52 Å². The molecule has 0 aromatic heterocycles. The Labute approximate surface area is 70.6 Å². The zero-order chi connectivity index (χ0) is 7.57. The Bertz CT molecular complexity index is 180. The van der Waals surface area contributed by atoms with Gasteiger partial charge in [-0.3, -0.25) is 0 Å². The van der Waals surface area contributed by atoms with Gasteiger partial charge in [-0.25, -0.2) is 0 Å². The maximum Gasteiger partial charge on any atom is 0.248 e. The molecule has 2 rings (SSSR count). The first-order valence-corrected chi connectivity index (χ1v) is 4.33. The third-order valence-corrected chi connectivity index (χ3v) is 3.77. The van der Waals surface area contributed by atoms with Gasteiger partial charge in [-0.1, -0.05) is 37.0 Å². The molecule has 3 unspecified atom stereocenters. The summed E-state index contributed by atoms with van der Waals surface area (Å²) >= 11 is 11.6. The molecular weight excluding hydrogens is 171 g/mol. The van der Waals surface area contributed by atoms with E-state index in [-0.39, 0.29) is 5.60 Å². The molecule has 0 aromatic carbocycles. The highest BCUT2D eigenvalue weighted by Crippen LogP contribution is 2.69. The first-order chi connectivity index (χ1) is 4.50. The number of hydrogen-bond donors (Lipinski definition) is 0. The average molecular weight is 181 g/mol. The van der Waals surface area contributed by atoms with Gasteiger partial charge >= 0.3 is 0 Å². The molecule has 2 fully saturated rings. The van der Waals surface area contributed by atoms with Crippen molar-refractivity contribution in [3.8, 4) is 0 Å². The van der Waals surface area contributed by atoms with Crippen molar-refractivity contribution in [1.82, 2.24) is 0 Å². The number of hydrogen-bond acceptors (Lipinski definition) is 1. The van der Waals surface area contributed by atoms with E-state index in [1.807, 2.05) is 0 Å². The van der Waals surface area contributed by atoms with E-state index in [1.54, 1.807) is 0 Å². The van der Waals surface area contributed by atoms with Gasteiger partial charge in [0.15, 0.2) is 0 Å². The monoisotopic (exact) mass is 180 g/mol. The molecule has 58 valence electrons. The molecule has 1 nitrogen and oxygen atoms in total. The van der Waals surface area contributed by atoms with Gasteiger partial charge in [-0.2, -0.15) is 0 Å². The molecule has 0 radical (unpaired) electrons. The normalized spacial score (nSPS) is 56.4. The number of epoxide rings is 1. The van der Waals surface area contributed by atoms with E-state index >= 15 is 0 Å². The van der Waals surface area contributed by atoms with Gasteiger partial charge in [0.25, 0.3) is 0 Å². The van der Waals surface area contributed by atoms with Crippen molar-refractivity contribution in [3.63, 3.8) is 0 Å².